The average molecular weight is 210 g/mol. The maximum Gasteiger partial charge on any atom is 0.156 e. The highest BCUT2D eigenvalue weighted by Gasteiger charge is 2.05. The molecule has 0 amide bonds. The Balaban J connectivity index is 2.26. The van der Waals surface area contributed by atoms with Crippen LogP contribution < -0.4 is 0 Å². The molecule has 0 radical (unpaired) electrons. The topological polar surface area (TPSA) is 43.6 Å². The highest BCUT2D eigenvalue weighted by molar-refractivity contribution is 5.75. The number of para-hydroxylation sites is 1. The maximum atomic E-state index is 4.29. The number of hydrogen-bond donors (Lipinski definition) is 0. The Kier molecular flexibility index (Phi) is 1.93. The summed E-state index contributed by atoms with van der Waals surface area (Å²) in [5, 5.41) is 8.21. The molecule has 0 aliphatic heterocycles. The Hall–Kier alpha value is -2.23. The largest absolute Gasteiger partial charge is 0.237 e. The van der Waals surface area contributed by atoms with Gasteiger partial charge in [-0.25, -0.2) is 4.98 Å². The van der Waals surface area contributed by atoms with Crippen LogP contribution in [0.2, 0.25) is 0 Å². The van der Waals surface area contributed by atoms with E-state index in [0.717, 1.165) is 22.4 Å². The van der Waals surface area contributed by atoms with Crippen molar-refractivity contribution in [1.82, 2.24) is 20.0 Å². The van der Waals surface area contributed by atoms with E-state index in [1.165, 1.54) is 0 Å². The third-order valence-corrected chi connectivity index (χ3v) is 2.47. The molecule has 0 fully saturated rings. The lowest BCUT2D eigenvalue weighted by molar-refractivity contribution is 0.800. The second kappa shape index (κ2) is 3.41. The summed E-state index contributed by atoms with van der Waals surface area (Å²) in [6.45, 7) is 2.03. The SMILES string of the molecule is Cc1ccnc(-n2nnc3ccccc32)c1. The molecule has 4 nitrogen and oxygen atoms in total. The van der Waals surface area contributed by atoms with E-state index in [-0.39, 0.29) is 0 Å². The molecule has 2 aromatic heterocycles. The maximum absolute atomic E-state index is 4.29. The van der Waals surface area contributed by atoms with Gasteiger partial charge in [0.2, 0.25) is 0 Å². The van der Waals surface area contributed by atoms with Crippen molar-refractivity contribution in [3.8, 4) is 5.82 Å². The van der Waals surface area contributed by atoms with Crippen molar-refractivity contribution in [1.29, 1.82) is 0 Å². The number of benzene rings is 1. The van der Waals surface area contributed by atoms with Crippen molar-refractivity contribution in [3.63, 3.8) is 0 Å². The number of nitrogens with zero attached hydrogens (tertiary/aromatic N) is 4. The molecular weight excluding hydrogens is 200 g/mol. The molecule has 0 unspecified atom stereocenters. The van der Waals surface area contributed by atoms with Crippen LogP contribution in [-0.2, 0) is 0 Å². The Bertz CT molecular complexity index is 642. The first-order chi connectivity index (χ1) is 7.84. The Labute approximate surface area is 92.6 Å². The normalized spacial score (nSPS) is 10.8. The van der Waals surface area contributed by atoms with Crippen LogP contribution in [0.25, 0.3) is 16.9 Å². The van der Waals surface area contributed by atoms with E-state index in [9.17, 15) is 0 Å². The van der Waals surface area contributed by atoms with Crippen LogP contribution in [0.4, 0.5) is 0 Å². The summed E-state index contributed by atoms with van der Waals surface area (Å²) in [5.41, 5.74) is 3.01. The number of aryl methyl sites for hydroxylation is 1. The third kappa shape index (κ3) is 1.35. The fourth-order valence-corrected chi connectivity index (χ4v) is 1.67. The molecule has 3 rings (SSSR count). The van der Waals surface area contributed by atoms with Gasteiger partial charge in [-0.1, -0.05) is 17.3 Å². The fraction of sp³-hybridized carbons (Fsp3) is 0.0833. The standard InChI is InChI=1S/C12H10N4/c1-9-6-7-13-12(8-9)16-11-5-3-2-4-10(11)14-15-16/h2-8H,1H3. The molecular formula is C12H10N4. The first-order valence-electron chi connectivity index (χ1n) is 5.08. The molecule has 16 heavy (non-hydrogen) atoms. The summed E-state index contributed by atoms with van der Waals surface area (Å²) in [4.78, 5) is 4.29. The number of pyridine rings is 1. The van der Waals surface area contributed by atoms with Gasteiger partial charge in [0, 0.05) is 6.20 Å². The monoisotopic (exact) mass is 210 g/mol. The first kappa shape index (κ1) is 9.03. The molecule has 0 spiro atoms. The van der Waals surface area contributed by atoms with Crippen LogP contribution >= 0.6 is 0 Å². The van der Waals surface area contributed by atoms with E-state index in [0.29, 0.717) is 0 Å². The molecule has 0 aliphatic carbocycles. The summed E-state index contributed by atoms with van der Waals surface area (Å²) in [7, 11) is 0. The van der Waals surface area contributed by atoms with Crippen molar-refractivity contribution in [2.24, 2.45) is 0 Å². The van der Waals surface area contributed by atoms with Crippen LogP contribution in [0.5, 0.6) is 0 Å². The second-order valence-electron chi connectivity index (χ2n) is 3.68. The summed E-state index contributed by atoms with van der Waals surface area (Å²) >= 11 is 0. The molecule has 0 N–H and O–H groups in total. The highest BCUT2D eigenvalue weighted by Crippen LogP contribution is 2.14. The van der Waals surface area contributed by atoms with Gasteiger partial charge < -0.3 is 0 Å². The van der Waals surface area contributed by atoms with E-state index < -0.39 is 0 Å². The third-order valence-electron chi connectivity index (χ3n) is 2.47. The molecule has 0 atom stereocenters. The molecule has 2 heterocycles. The van der Waals surface area contributed by atoms with E-state index >= 15 is 0 Å². The lowest BCUT2D eigenvalue weighted by atomic mass is 10.3. The van der Waals surface area contributed by atoms with Crippen LogP contribution in [0, 0.1) is 6.92 Å². The van der Waals surface area contributed by atoms with E-state index in [2.05, 4.69) is 15.3 Å². The van der Waals surface area contributed by atoms with Crippen molar-refractivity contribution < 1.29 is 0 Å². The zero-order chi connectivity index (χ0) is 11.0. The molecule has 0 bridgehead atoms. The van der Waals surface area contributed by atoms with Crippen LogP contribution in [-0.4, -0.2) is 20.0 Å². The van der Waals surface area contributed by atoms with Crippen LogP contribution in [0.15, 0.2) is 42.6 Å². The van der Waals surface area contributed by atoms with E-state index in [4.69, 9.17) is 0 Å². The van der Waals surface area contributed by atoms with Crippen molar-refractivity contribution in [2.75, 3.05) is 0 Å². The minimum absolute atomic E-state index is 0.800. The number of aromatic nitrogens is 4. The number of rotatable bonds is 1. The van der Waals surface area contributed by atoms with Gasteiger partial charge >= 0.3 is 0 Å². The lowest BCUT2D eigenvalue weighted by Crippen LogP contribution is -1.99. The quantitative estimate of drug-likeness (QED) is 0.618. The Morgan fingerprint density at radius 1 is 1.12 bits per heavy atom. The smallest absolute Gasteiger partial charge is 0.156 e. The van der Waals surface area contributed by atoms with E-state index in [1.54, 1.807) is 10.9 Å². The zero-order valence-electron chi connectivity index (χ0n) is 8.83. The van der Waals surface area contributed by atoms with Crippen molar-refractivity contribution in [2.45, 2.75) is 6.92 Å². The van der Waals surface area contributed by atoms with Gasteiger partial charge in [-0.3, -0.25) is 0 Å². The van der Waals surface area contributed by atoms with Crippen molar-refractivity contribution >= 4 is 11.0 Å². The Morgan fingerprint density at radius 2 is 2.00 bits per heavy atom. The van der Waals surface area contributed by atoms with Gasteiger partial charge in [-0.2, -0.15) is 4.68 Å². The predicted molar refractivity (Wildman–Crippen MR) is 61.4 cm³/mol. The van der Waals surface area contributed by atoms with E-state index in [1.807, 2.05) is 43.3 Å². The summed E-state index contributed by atoms with van der Waals surface area (Å²) < 4.78 is 1.75. The molecule has 0 aliphatic rings. The average Bonchev–Trinajstić information content (AvgIpc) is 2.72. The van der Waals surface area contributed by atoms with Crippen LogP contribution in [0.1, 0.15) is 5.56 Å². The molecule has 3 aromatic rings. The highest BCUT2D eigenvalue weighted by atomic mass is 15.4. The number of hydrogen-bond acceptors (Lipinski definition) is 3. The fourth-order valence-electron chi connectivity index (χ4n) is 1.67. The Morgan fingerprint density at radius 3 is 2.88 bits per heavy atom. The second-order valence-corrected chi connectivity index (χ2v) is 3.68. The van der Waals surface area contributed by atoms with Gasteiger partial charge in [0.15, 0.2) is 5.82 Å². The molecule has 0 saturated heterocycles. The molecule has 0 saturated carbocycles. The molecule has 4 heteroatoms. The lowest BCUT2D eigenvalue weighted by Gasteiger charge is -2.01. The first-order valence-corrected chi connectivity index (χ1v) is 5.08. The summed E-state index contributed by atoms with van der Waals surface area (Å²) in [6.07, 6.45) is 1.78. The summed E-state index contributed by atoms with van der Waals surface area (Å²) in [5.74, 6) is 0.800. The predicted octanol–water partition coefficient (Wildman–Crippen LogP) is 2.12. The van der Waals surface area contributed by atoms with Gasteiger partial charge in [-0.15, -0.1) is 5.10 Å². The zero-order valence-corrected chi connectivity index (χ0v) is 8.83. The van der Waals surface area contributed by atoms with Gasteiger partial charge in [0.05, 0.1) is 5.52 Å². The number of fused-ring (bicyclic) bond motifs is 1. The minimum atomic E-state index is 0.800. The molecule has 78 valence electrons. The van der Waals surface area contributed by atoms with Crippen molar-refractivity contribution in [3.05, 3.63) is 48.2 Å². The van der Waals surface area contributed by atoms with Gasteiger partial charge in [0.25, 0.3) is 0 Å². The molecule has 1 aromatic carbocycles. The van der Waals surface area contributed by atoms with Gasteiger partial charge in [-0.05, 0) is 36.8 Å². The van der Waals surface area contributed by atoms with Gasteiger partial charge in [0.1, 0.15) is 5.52 Å². The summed E-state index contributed by atoms with van der Waals surface area (Å²) in [6, 6.07) is 11.8. The van der Waals surface area contributed by atoms with Crippen LogP contribution in [0.3, 0.4) is 0 Å². The minimum Gasteiger partial charge on any atom is -0.237 e.